The zero-order valence-electron chi connectivity index (χ0n) is 11.9. The average Bonchev–Trinajstić information content (AvgIpc) is 2.95. The minimum atomic E-state index is 0.0520. The number of hydrogen-bond donors (Lipinski definition) is 0. The minimum Gasteiger partial charge on any atom is -0.296 e. The van der Waals surface area contributed by atoms with Gasteiger partial charge in [0, 0.05) is 19.6 Å². The maximum absolute atomic E-state index is 12.1. The molecule has 0 radical (unpaired) electrons. The molecule has 0 N–H and O–H groups in total. The first-order valence-electron chi connectivity index (χ1n) is 6.74. The summed E-state index contributed by atoms with van der Waals surface area (Å²) in [5, 5.41) is 1.33. The predicted octanol–water partition coefficient (Wildman–Crippen LogP) is 2.09. The van der Waals surface area contributed by atoms with E-state index in [9.17, 15) is 4.79 Å². The van der Waals surface area contributed by atoms with Crippen LogP contribution >= 0.6 is 0 Å². The Balaban J connectivity index is 1.97. The van der Waals surface area contributed by atoms with Crippen LogP contribution in [0.2, 0.25) is 0 Å². The zero-order valence-corrected chi connectivity index (χ0v) is 11.9. The Labute approximate surface area is 114 Å². The van der Waals surface area contributed by atoms with Crippen LogP contribution in [-0.4, -0.2) is 43.1 Å². The highest BCUT2D eigenvalue weighted by molar-refractivity contribution is 5.78. The van der Waals surface area contributed by atoms with Gasteiger partial charge in [-0.25, -0.2) is 5.06 Å². The molecule has 1 aromatic rings. The zero-order chi connectivity index (χ0) is 13.8. The van der Waals surface area contributed by atoms with Crippen LogP contribution in [0.25, 0.3) is 0 Å². The van der Waals surface area contributed by atoms with Crippen molar-refractivity contribution < 1.29 is 9.63 Å². The van der Waals surface area contributed by atoms with E-state index >= 15 is 0 Å². The van der Waals surface area contributed by atoms with Gasteiger partial charge in [-0.15, -0.1) is 0 Å². The summed E-state index contributed by atoms with van der Waals surface area (Å²) in [6, 6.07) is 10.8. The fourth-order valence-electron chi connectivity index (χ4n) is 2.63. The molecule has 0 spiro atoms. The third kappa shape index (κ3) is 3.14. The lowest BCUT2D eigenvalue weighted by molar-refractivity contribution is -0.173. The van der Waals surface area contributed by atoms with E-state index in [0.29, 0.717) is 6.04 Å². The lowest BCUT2D eigenvalue weighted by Gasteiger charge is -2.25. The van der Waals surface area contributed by atoms with E-state index in [1.54, 1.807) is 7.05 Å². The highest BCUT2D eigenvalue weighted by atomic mass is 16.7. The Morgan fingerprint density at radius 2 is 2.11 bits per heavy atom. The van der Waals surface area contributed by atoms with Crippen molar-refractivity contribution in [3.63, 3.8) is 0 Å². The number of carbonyl (C=O) groups is 1. The topological polar surface area (TPSA) is 32.8 Å². The van der Waals surface area contributed by atoms with Crippen LogP contribution < -0.4 is 0 Å². The van der Waals surface area contributed by atoms with Crippen molar-refractivity contribution in [1.29, 1.82) is 0 Å². The molecule has 1 heterocycles. The van der Waals surface area contributed by atoms with Crippen LogP contribution in [0.5, 0.6) is 0 Å². The van der Waals surface area contributed by atoms with Crippen molar-refractivity contribution in [1.82, 2.24) is 9.96 Å². The average molecular weight is 262 g/mol. The fourth-order valence-corrected chi connectivity index (χ4v) is 2.63. The van der Waals surface area contributed by atoms with Gasteiger partial charge in [-0.05, 0) is 25.5 Å². The highest BCUT2D eigenvalue weighted by Gasteiger charge is 2.32. The highest BCUT2D eigenvalue weighted by Crippen LogP contribution is 2.27. The second kappa shape index (κ2) is 6.17. The second-order valence-corrected chi connectivity index (χ2v) is 5.09. The van der Waals surface area contributed by atoms with Crippen molar-refractivity contribution in [3.8, 4) is 0 Å². The number of benzene rings is 1. The molecule has 1 saturated heterocycles. The number of likely N-dealkylation sites (tertiary alicyclic amines) is 1. The third-order valence-corrected chi connectivity index (χ3v) is 3.98. The summed E-state index contributed by atoms with van der Waals surface area (Å²) < 4.78 is 0. The molecule has 104 valence electrons. The predicted molar refractivity (Wildman–Crippen MR) is 74.3 cm³/mol. The molecule has 0 aromatic heterocycles. The Morgan fingerprint density at radius 3 is 2.74 bits per heavy atom. The van der Waals surface area contributed by atoms with Gasteiger partial charge in [-0.2, -0.15) is 0 Å². The molecule has 0 aliphatic carbocycles. The van der Waals surface area contributed by atoms with Gasteiger partial charge in [0.15, 0.2) is 0 Å². The quantitative estimate of drug-likeness (QED) is 0.779. The molecular weight excluding hydrogens is 240 g/mol. The van der Waals surface area contributed by atoms with Gasteiger partial charge in [0.2, 0.25) is 5.91 Å². The Hall–Kier alpha value is -1.39. The molecular formula is C15H22N2O2. The van der Waals surface area contributed by atoms with Gasteiger partial charge in [0.1, 0.15) is 0 Å². The summed E-state index contributed by atoms with van der Waals surface area (Å²) in [4.78, 5) is 19.4. The molecule has 1 aliphatic rings. The number of hydrogen-bond acceptors (Lipinski definition) is 3. The van der Waals surface area contributed by atoms with E-state index < -0.39 is 0 Å². The first-order valence-corrected chi connectivity index (χ1v) is 6.74. The largest absolute Gasteiger partial charge is 0.296 e. The monoisotopic (exact) mass is 262 g/mol. The Bertz CT molecular complexity index is 421. The molecule has 0 unspecified atom stereocenters. The van der Waals surface area contributed by atoms with Crippen LogP contribution in [0.1, 0.15) is 24.9 Å². The standard InChI is InChI=1S/C15H22N2O2/c1-12(13-7-5-4-6-8-13)17-10-9-14(11-17)15(18)16(2)19-3/h4-8,12,14H,9-11H2,1-3H3/t12-,14-/m0/s1. The molecule has 4 nitrogen and oxygen atoms in total. The van der Waals surface area contributed by atoms with E-state index in [1.807, 2.05) is 6.07 Å². The summed E-state index contributed by atoms with van der Waals surface area (Å²) in [5.74, 6) is 0.126. The van der Waals surface area contributed by atoms with Crippen molar-refractivity contribution in [2.75, 3.05) is 27.2 Å². The van der Waals surface area contributed by atoms with Gasteiger partial charge in [-0.1, -0.05) is 30.3 Å². The van der Waals surface area contributed by atoms with Crippen molar-refractivity contribution >= 4 is 5.91 Å². The molecule has 2 atom stereocenters. The Kier molecular flexibility index (Phi) is 4.56. The number of nitrogens with zero attached hydrogens (tertiary/aromatic N) is 2. The molecule has 1 aliphatic heterocycles. The van der Waals surface area contributed by atoms with Gasteiger partial charge in [0.05, 0.1) is 13.0 Å². The smallest absolute Gasteiger partial charge is 0.250 e. The number of hydroxylamine groups is 2. The Morgan fingerprint density at radius 1 is 1.42 bits per heavy atom. The van der Waals surface area contributed by atoms with Crippen LogP contribution in [0.4, 0.5) is 0 Å². The molecule has 4 heteroatoms. The van der Waals surface area contributed by atoms with E-state index in [2.05, 4.69) is 36.1 Å². The number of rotatable bonds is 4. The van der Waals surface area contributed by atoms with Crippen LogP contribution in [0.15, 0.2) is 30.3 Å². The van der Waals surface area contributed by atoms with Crippen molar-refractivity contribution in [3.05, 3.63) is 35.9 Å². The lowest BCUT2D eigenvalue weighted by atomic mass is 10.1. The van der Waals surface area contributed by atoms with E-state index in [0.717, 1.165) is 19.5 Å². The first kappa shape index (κ1) is 14.0. The molecule has 2 rings (SSSR count). The first-order chi connectivity index (χ1) is 9.13. The normalized spacial score (nSPS) is 21.3. The molecule has 1 amide bonds. The van der Waals surface area contributed by atoms with E-state index in [1.165, 1.54) is 17.7 Å². The number of amides is 1. The summed E-state index contributed by atoms with van der Waals surface area (Å²) in [6.07, 6.45) is 0.906. The molecule has 0 saturated carbocycles. The van der Waals surface area contributed by atoms with Gasteiger partial charge < -0.3 is 0 Å². The molecule has 1 aromatic carbocycles. The van der Waals surface area contributed by atoms with Crippen LogP contribution in [0, 0.1) is 5.92 Å². The summed E-state index contributed by atoms with van der Waals surface area (Å²) in [5.41, 5.74) is 1.30. The maximum Gasteiger partial charge on any atom is 0.250 e. The van der Waals surface area contributed by atoms with Crippen LogP contribution in [0.3, 0.4) is 0 Å². The third-order valence-electron chi connectivity index (χ3n) is 3.98. The molecule has 0 bridgehead atoms. The van der Waals surface area contributed by atoms with E-state index in [4.69, 9.17) is 4.84 Å². The number of carbonyl (C=O) groups excluding carboxylic acids is 1. The van der Waals surface area contributed by atoms with Crippen molar-refractivity contribution in [2.45, 2.75) is 19.4 Å². The van der Waals surface area contributed by atoms with Gasteiger partial charge in [-0.3, -0.25) is 14.5 Å². The summed E-state index contributed by atoms with van der Waals surface area (Å²) in [6.45, 7) is 3.97. The minimum absolute atomic E-state index is 0.0520. The fraction of sp³-hybridized carbons (Fsp3) is 0.533. The second-order valence-electron chi connectivity index (χ2n) is 5.09. The molecule has 1 fully saturated rings. The molecule has 19 heavy (non-hydrogen) atoms. The van der Waals surface area contributed by atoms with Crippen LogP contribution in [-0.2, 0) is 9.63 Å². The summed E-state index contributed by atoms with van der Waals surface area (Å²) in [7, 11) is 3.20. The van der Waals surface area contributed by atoms with E-state index in [-0.39, 0.29) is 11.8 Å². The lowest BCUT2D eigenvalue weighted by Crippen LogP contribution is -2.34. The summed E-state index contributed by atoms with van der Waals surface area (Å²) >= 11 is 0. The van der Waals surface area contributed by atoms with Gasteiger partial charge in [0.25, 0.3) is 0 Å². The van der Waals surface area contributed by atoms with Gasteiger partial charge >= 0.3 is 0 Å². The van der Waals surface area contributed by atoms with Crippen molar-refractivity contribution in [2.24, 2.45) is 5.92 Å². The maximum atomic E-state index is 12.1. The SMILES string of the molecule is CON(C)C(=O)[C@H]1CCN([C@@H](C)c2ccccc2)C1.